The van der Waals surface area contributed by atoms with Crippen molar-refractivity contribution in [1.82, 2.24) is 14.5 Å². The lowest BCUT2D eigenvalue weighted by molar-refractivity contribution is 0.629. The number of halogens is 2. The zero-order valence-corrected chi connectivity index (χ0v) is 14.2. The van der Waals surface area contributed by atoms with Crippen molar-refractivity contribution in [3.63, 3.8) is 0 Å². The maximum Gasteiger partial charge on any atom is 0.160 e. The van der Waals surface area contributed by atoms with Gasteiger partial charge in [0.15, 0.2) is 5.65 Å². The molecule has 2 aromatic heterocycles. The van der Waals surface area contributed by atoms with Crippen LogP contribution in [0.25, 0.3) is 11.2 Å². The van der Waals surface area contributed by atoms with E-state index in [-0.39, 0.29) is 6.04 Å². The summed E-state index contributed by atoms with van der Waals surface area (Å²) in [4.78, 5) is 9.10. The van der Waals surface area contributed by atoms with Crippen molar-refractivity contribution in [3.05, 3.63) is 58.0 Å². The molecule has 0 radical (unpaired) electrons. The Hall–Kier alpha value is -1.39. The van der Waals surface area contributed by atoms with E-state index in [4.69, 9.17) is 11.6 Å². The highest BCUT2D eigenvalue weighted by Gasteiger charge is 2.17. The number of nitrogens with zero attached hydrogens (tertiary/aromatic N) is 3. The van der Waals surface area contributed by atoms with E-state index in [1.807, 2.05) is 6.07 Å². The number of fused-ring (bicyclic) bond motifs is 1. The normalized spacial score (nSPS) is 12.8. The molecule has 0 aliphatic heterocycles. The van der Waals surface area contributed by atoms with Gasteiger partial charge < -0.3 is 4.57 Å². The molecule has 3 rings (SSSR count). The van der Waals surface area contributed by atoms with Crippen LogP contribution in [0.4, 0.5) is 0 Å². The van der Waals surface area contributed by atoms with Crippen LogP contribution in [-0.2, 0) is 5.88 Å². The van der Waals surface area contributed by atoms with Crippen LogP contribution in [0.3, 0.4) is 0 Å². The first-order valence-corrected chi connectivity index (χ1v) is 8.08. The molecule has 1 aromatic carbocycles. The Labute approximate surface area is 137 Å². The van der Waals surface area contributed by atoms with Crippen molar-refractivity contribution >= 4 is 38.7 Å². The van der Waals surface area contributed by atoms with Gasteiger partial charge in [0.2, 0.25) is 0 Å². The van der Waals surface area contributed by atoms with Crippen LogP contribution >= 0.6 is 27.5 Å². The van der Waals surface area contributed by atoms with Crippen LogP contribution in [0.15, 0.2) is 41.0 Å². The highest BCUT2D eigenvalue weighted by atomic mass is 79.9. The number of imidazole rings is 1. The minimum Gasteiger partial charge on any atom is -0.304 e. The number of benzene rings is 1. The van der Waals surface area contributed by atoms with Gasteiger partial charge in [-0.15, -0.1) is 11.6 Å². The monoisotopic (exact) mass is 363 g/mol. The van der Waals surface area contributed by atoms with Crippen molar-refractivity contribution < 1.29 is 0 Å². The summed E-state index contributed by atoms with van der Waals surface area (Å²) >= 11 is 9.51. The predicted molar refractivity (Wildman–Crippen MR) is 89.8 cm³/mol. The summed E-state index contributed by atoms with van der Waals surface area (Å²) in [5.74, 6) is 1.20. The molecule has 0 saturated carbocycles. The van der Waals surface area contributed by atoms with Gasteiger partial charge in [-0.05, 0) is 41.4 Å². The molecule has 5 heteroatoms. The van der Waals surface area contributed by atoms with Crippen molar-refractivity contribution in [3.8, 4) is 0 Å². The van der Waals surface area contributed by atoms with Crippen molar-refractivity contribution in [2.75, 3.05) is 0 Å². The first-order chi connectivity index (χ1) is 10.1. The van der Waals surface area contributed by atoms with Crippen LogP contribution in [-0.4, -0.2) is 14.5 Å². The van der Waals surface area contributed by atoms with Crippen LogP contribution < -0.4 is 0 Å². The Bertz CT molecular complexity index is 780. The molecule has 0 aliphatic rings. The first kappa shape index (κ1) is 14.5. The summed E-state index contributed by atoms with van der Waals surface area (Å²) in [6, 6.07) is 10.6. The fraction of sp³-hybridized carbons (Fsp3) is 0.250. The van der Waals surface area contributed by atoms with Gasteiger partial charge in [0.05, 0.1) is 11.9 Å². The Morgan fingerprint density at radius 3 is 2.67 bits per heavy atom. The Kier molecular flexibility index (Phi) is 4.00. The average Bonchev–Trinajstić information content (AvgIpc) is 2.84. The van der Waals surface area contributed by atoms with Crippen LogP contribution in [0.5, 0.6) is 0 Å². The summed E-state index contributed by atoms with van der Waals surface area (Å²) in [6.07, 6.45) is 1.79. The fourth-order valence-electron chi connectivity index (χ4n) is 2.50. The van der Waals surface area contributed by atoms with Gasteiger partial charge in [-0.3, -0.25) is 0 Å². The number of hydrogen-bond donors (Lipinski definition) is 0. The van der Waals surface area contributed by atoms with Crippen molar-refractivity contribution in [2.24, 2.45) is 0 Å². The summed E-state index contributed by atoms with van der Waals surface area (Å²) < 4.78 is 3.03. The van der Waals surface area contributed by atoms with Gasteiger partial charge in [-0.25, -0.2) is 9.97 Å². The Balaban J connectivity index is 2.16. The van der Waals surface area contributed by atoms with E-state index in [9.17, 15) is 0 Å². The molecule has 3 aromatic rings. The topological polar surface area (TPSA) is 30.7 Å². The van der Waals surface area contributed by atoms with E-state index < -0.39 is 0 Å². The third-order valence-corrected chi connectivity index (χ3v) is 4.31. The SMILES string of the molecule is Cc1ccc(C(C)n2c(CCl)nc3cc(Br)cnc32)cc1. The van der Waals surface area contributed by atoms with E-state index in [0.717, 1.165) is 21.5 Å². The van der Waals surface area contributed by atoms with Gasteiger partial charge in [0.1, 0.15) is 11.3 Å². The zero-order valence-electron chi connectivity index (χ0n) is 11.8. The second-order valence-corrected chi connectivity index (χ2v) is 6.30. The quantitative estimate of drug-likeness (QED) is 0.622. The summed E-state index contributed by atoms with van der Waals surface area (Å²) in [5.41, 5.74) is 4.19. The average molecular weight is 365 g/mol. The minimum atomic E-state index is 0.137. The molecule has 1 unspecified atom stereocenters. The van der Waals surface area contributed by atoms with Gasteiger partial charge in [0, 0.05) is 10.7 Å². The Morgan fingerprint density at radius 1 is 1.29 bits per heavy atom. The number of aromatic nitrogens is 3. The molecular weight excluding hydrogens is 350 g/mol. The predicted octanol–water partition coefficient (Wildman–Crippen LogP) is 4.85. The van der Waals surface area contributed by atoms with Gasteiger partial charge >= 0.3 is 0 Å². The number of hydrogen-bond acceptors (Lipinski definition) is 2. The molecule has 21 heavy (non-hydrogen) atoms. The molecule has 0 aliphatic carbocycles. The molecule has 2 heterocycles. The third-order valence-electron chi connectivity index (χ3n) is 3.64. The molecule has 3 nitrogen and oxygen atoms in total. The van der Waals surface area contributed by atoms with E-state index in [1.54, 1.807) is 6.20 Å². The number of pyridine rings is 1. The summed E-state index contributed by atoms with van der Waals surface area (Å²) in [6.45, 7) is 4.23. The van der Waals surface area contributed by atoms with E-state index in [2.05, 4.69) is 68.6 Å². The van der Waals surface area contributed by atoms with Crippen LogP contribution in [0.2, 0.25) is 0 Å². The van der Waals surface area contributed by atoms with Crippen molar-refractivity contribution in [1.29, 1.82) is 0 Å². The van der Waals surface area contributed by atoms with Gasteiger partial charge in [-0.2, -0.15) is 0 Å². The smallest absolute Gasteiger partial charge is 0.160 e. The molecule has 0 amide bonds. The second-order valence-electron chi connectivity index (χ2n) is 5.11. The maximum atomic E-state index is 6.08. The van der Waals surface area contributed by atoms with Gasteiger partial charge in [-0.1, -0.05) is 29.8 Å². The van der Waals surface area contributed by atoms with E-state index in [1.165, 1.54) is 11.1 Å². The zero-order chi connectivity index (χ0) is 15.0. The Morgan fingerprint density at radius 2 is 2.00 bits per heavy atom. The standard InChI is InChI=1S/C16H15BrClN3/c1-10-3-5-12(6-4-10)11(2)21-15(8-18)20-14-7-13(17)9-19-16(14)21/h3-7,9,11H,8H2,1-2H3. The summed E-state index contributed by atoms with van der Waals surface area (Å²) in [7, 11) is 0. The third kappa shape index (κ3) is 2.70. The molecular formula is C16H15BrClN3. The summed E-state index contributed by atoms with van der Waals surface area (Å²) in [5, 5.41) is 0. The molecule has 108 valence electrons. The number of aryl methyl sites for hydroxylation is 1. The highest BCUT2D eigenvalue weighted by Crippen LogP contribution is 2.27. The molecule has 0 N–H and O–H groups in total. The molecule has 1 atom stereocenters. The largest absolute Gasteiger partial charge is 0.304 e. The first-order valence-electron chi connectivity index (χ1n) is 6.75. The number of rotatable bonds is 3. The molecule has 0 spiro atoms. The molecule has 0 bridgehead atoms. The van der Waals surface area contributed by atoms with Crippen molar-refractivity contribution in [2.45, 2.75) is 25.8 Å². The van der Waals surface area contributed by atoms with Crippen LogP contribution in [0, 0.1) is 6.92 Å². The number of alkyl halides is 1. The lowest BCUT2D eigenvalue weighted by atomic mass is 10.1. The lowest BCUT2D eigenvalue weighted by Crippen LogP contribution is -2.10. The maximum absolute atomic E-state index is 6.08. The fourth-order valence-corrected chi connectivity index (χ4v) is 3.01. The highest BCUT2D eigenvalue weighted by molar-refractivity contribution is 9.10. The second kappa shape index (κ2) is 5.78. The minimum absolute atomic E-state index is 0.137. The van der Waals surface area contributed by atoms with Gasteiger partial charge in [0.25, 0.3) is 0 Å². The van der Waals surface area contributed by atoms with E-state index >= 15 is 0 Å². The molecule has 0 fully saturated rings. The molecule has 0 saturated heterocycles. The lowest BCUT2D eigenvalue weighted by Gasteiger charge is -2.17. The van der Waals surface area contributed by atoms with E-state index in [0.29, 0.717) is 5.88 Å². The van der Waals surface area contributed by atoms with Crippen LogP contribution in [0.1, 0.15) is 29.9 Å².